The minimum Gasteiger partial charge on any atom is -0.473 e. The summed E-state index contributed by atoms with van der Waals surface area (Å²) >= 11 is 4.78. The van der Waals surface area contributed by atoms with Crippen LogP contribution in [0.15, 0.2) is 6.20 Å². The maximum Gasteiger partial charge on any atom is 0.320 e. The van der Waals surface area contributed by atoms with Gasteiger partial charge in [0.1, 0.15) is 5.69 Å². The predicted octanol–water partition coefficient (Wildman–Crippen LogP) is 1.71. The van der Waals surface area contributed by atoms with Crippen molar-refractivity contribution in [3.05, 3.63) is 6.20 Å². The van der Waals surface area contributed by atoms with Gasteiger partial charge >= 0.3 is 6.01 Å². The van der Waals surface area contributed by atoms with Crippen molar-refractivity contribution in [1.29, 1.82) is 0 Å². The summed E-state index contributed by atoms with van der Waals surface area (Å²) in [6.07, 6.45) is 1.49. The topological polar surface area (TPSA) is 82.3 Å². The maximum atomic E-state index is 5.56. The van der Waals surface area contributed by atoms with Gasteiger partial charge in [-0.15, -0.1) is 0 Å². The van der Waals surface area contributed by atoms with E-state index in [1.165, 1.54) is 6.20 Å². The number of aromatic nitrogens is 2. The lowest BCUT2D eigenvalue weighted by atomic mass is 10.4. The maximum absolute atomic E-state index is 5.56. The van der Waals surface area contributed by atoms with Crippen LogP contribution in [0.3, 0.4) is 0 Å². The summed E-state index contributed by atoms with van der Waals surface area (Å²) in [7, 11) is 0. The molecule has 1 rings (SSSR count). The molecule has 0 radical (unpaired) electrons. The molecule has 1 aromatic heterocycles. The monoisotopic (exact) mass is 270 g/mol. The molecule has 6 nitrogen and oxygen atoms in total. The van der Waals surface area contributed by atoms with Crippen LogP contribution in [0.5, 0.6) is 11.9 Å². The molecule has 1 aromatic rings. The van der Waals surface area contributed by atoms with Crippen molar-refractivity contribution in [2.45, 2.75) is 39.9 Å². The van der Waals surface area contributed by atoms with Crippen molar-refractivity contribution in [3.63, 3.8) is 0 Å². The van der Waals surface area contributed by atoms with Gasteiger partial charge in [-0.2, -0.15) is 4.98 Å². The molecule has 0 aliphatic rings. The zero-order valence-corrected chi connectivity index (χ0v) is 11.7. The SMILES string of the molecule is CC(C)Oc1ncc(NC(N)=S)c(OC(C)C)n1. The van der Waals surface area contributed by atoms with Gasteiger partial charge in [0.2, 0.25) is 5.88 Å². The zero-order chi connectivity index (χ0) is 13.7. The smallest absolute Gasteiger partial charge is 0.320 e. The van der Waals surface area contributed by atoms with E-state index in [1.54, 1.807) is 0 Å². The normalized spacial score (nSPS) is 10.6. The summed E-state index contributed by atoms with van der Waals surface area (Å²) in [4.78, 5) is 8.22. The van der Waals surface area contributed by atoms with Crippen molar-refractivity contribution in [1.82, 2.24) is 9.97 Å². The second kappa shape index (κ2) is 6.34. The van der Waals surface area contributed by atoms with E-state index >= 15 is 0 Å². The second-order valence-electron chi connectivity index (χ2n) is 4.19. The van der Waals surface area contributed by atoms with Gasteiger partial charge in [-0.25, -0.2) is 4.98 Å². The van der Waals surface area contributed by atoms with Crippen molar-refractivity contribution in [3.8, 4) is 11.9 Å². The Morgan fingerprint density at radius 2 is 1.89 bits per heavy atom. The summed E-state index contributed by atoms with van der Waals surface area (Å²) in [5.41, 5.74) is 5.94. The number of nitrogens with two attached hydrogens (primary N) is 1. The molecule has 18 heavy (non-hydrogen) atoms. The first-order valence-corrected chi connectivity index (χ1v) is 6.06. The van der Waals surface area contributed by atoms with Crippen molar-refractivity contribution >= 4 is 23.0 Å². The molecule has 0 fully saturated rings. The Morgan fingerprint density at radius 1 is 1.28 bits per heavy atom. The standard InChI is InChI=1S/C11H18N4O2S/c1-6(2)16-9-8(14-10(12)18)5-13-11(15-9)17-7(3)4/h5-7H,1-4H3,(H3,12,14,18). The van der Waals surface area contributed by atoms with Crippen LogP contribution < -0.4 is 20.5 Å². The summed E-state index contributed by atoms with van der Waals surface area (Å²) < 4.78 is 11.0. The molecule has 0 aliphatic heterocycles. The molecule has 0 saturated heterocycles. The van der Waals surface area contributed by atoms with E-state index in [1.807, 2.05) is 27.7 Å². The first kappa shape index (κ1) is 14.4. The van der Waals surface area contributed by atoms with E-state index in [9.17, 15) is 0 Å². The molecule has 7 heteroatoms. The minimum absolute atomic E-state index is 0.00806. The fraction of sp³-hybridized carbons (Fsp3) is 0.545. The van der Waals surface area contributed by atoms with E-state index in [-0.39, 0.29) is 23.3 Å². The molecule has 0 amide bonds. The van der Waals surface area contributed by atoms with Gasteiger partial charge in [0.05, 0.1) is 18.4 Å². The van der Waals surface area contributed by atoms with Crippen molar-refractivity contribution in [2.24, 2.45) is 5.73 Å². The lowest BCUT2D eigenvalue weighted by molar-refractivity contribution is 0.204. The summed E-state index contributed by atoms with van der Waals surface area (Å²) in [5.74, 6) is 0.364. The van der Waals surface area contributed by atoms with Crippen LogP contribution in [0.4, 0.5) is 5.69 Å². The highest BCUT2D eigenvalue weighted by molar-refractivity contribution is 7.80. The number of thiocarbonyl (C=S) groups is 1. The number of hydrogen-bond acceptors (Lipinski definition) is 5. The highest BCUT2D eigenvalue weighted by atomic mass is 32.1. The Kier molecular flexibility index (Phi) is 5.08. The molecule has 3 N–H and O–H groups in total. The van der Waals surface area contributed by atoms with Crippen LogP contribution in [0, 0.1) is 0 Å². The molecule has 0 aliphatic carbocycles. The molecule has 0 spiro atoms. The van der Waals surface area contributed by atoms with Gasteiger partial charge in [-0.1, -0.05) is 0 Å². The minimum atomic E-state index is -0.0290. The zero-order valence-electron chi connectivity index (χ0n) is 10.9. The van der Waals surface area contributed by atoms with Gasteiger partial charge in [0.15, 0.2) is 5.11 Å². The van der Waals surface area contributed by atoms with Crippen LogP contribution in [-0.2, 0) is 0 Å². The van der Waals surface area contributed by atoms with Crippen molar-refractivity contribution < 1.29 is 9.47 Å². The van der Waals surface area contributed by atoms with Gasteiger partial charge < -0.3 is 20.5 Å². The molecule has 100 valence electrons. The molecule has 0 atom stereocenters. The highest BCUT2D eigenvalue weighted by Crippen LogP contribution is 2.24. The van der Waals surface area contributed by atoms with Gasteiger partial charge in [-0.3, -0.25) is 0 Å². The molecule has 1 heterocycles. The van der Waals surface area contributed by atoms with Crippen LogP contribution in [-0.4, -0.2) is 27.3 Å². The second-order valence-corrected chi connectivity index (χ2v) is 4.63. The molecule has 0 bridgehead atoms. The van der Waals surface area contributed by atoms with E-state index in [0.717, 1.165) is 0 Å². The van der Waals surface area contributed by atoms with E-state index in [4.69, 9.17) is 27.4 Å². The van der Waals surface area contributed by atoms with E-state index in [0.29, 0.717) is 11.6 Å². The number of rotatable bonds is 5. The van der Waals surface area contributed by atoms with Crippen LogP contribution in [0.2, 0.25) is 0 Å². The van der Waals surface area contributed by atoms with Gasteiger partial charge in [-0.05, 0) is 39.9 Å². The third-order valence-corrected chi connectivity index (χ3v) is 1.78. The first-order valence-electron chi connectivity index (χ1n) is 5.65. The summed E-state index contributed by atoms with van der Waals surface area (Å²) in [5, 5.41) is 2.89. The first-order chi connectivity index (χ1) is 8.38. The summed E-state index contributed by atoms with van der Waals surface area (Å²) in [6.45, 7) is 7.59. The van der Waals surface area contributed by atoms with Crippen LogP contribution in [0.1, 0.15) is 27.7 Å². The lowest BCUT2D eigenvalue weighted by Gasteiger charge is -2.15. The van der Waals surface area contributed by atoms with Crippen LogP contribution in [0.25, 0.3) is 0 Å². The molecular formula is C11H18N4O2S. The quantitative estimate of drug-likeness (QED) is 0.788. The fourth-order valence-electron chi connectivity index (χ4n) is 1.15. The lowest BCUT2D eigenvalue weighted by Crippen LogP contribution is -2.21. The largest absolute Gasteiger partial charge is 0.473 e. The third kappa shape index (κ3) is 4.70. The Bertz CT molecular complexity index is 424. The number of hydrogen-bond donors (Lipinski definition) is 2. The number of nitrogens with zero attached hydrogens (tertiary/aromatic N) is 2. The predicted molar refractivity (Wildman–Crippen MR) is 74.0 cm³/mol. The van der Waals surface area contributed by atoms with Crippen molar-refractivity contribution in [2.75, 3.05) is 5.32 Å². The van der Waals surface area contributed by atoms with Gasteiger partial charge in [0, 0.05) is 0 Å². The molecule has 0 saturated carbocycles. The van der Waals surface area contributed by atoms with E-state index < -0.39 is 0 Å². The number of nitrogens with one attached hydrogen (secondary N) is 1. The average molecular weight is 270 g/mol. The Labute approximate surface area is 112 Å². The average Bonchev–Trinajstić information content (AvgIpc) is 2.19. The Hall–Kier alpha value is -1.63. The summed E-state index contributed by atoms with van der Waals surface area (Å²) in [6, 6.07) is 0.258. The molecule has 0 aromatic carbocycles. The highest BCUT2D eigenvalue weighted by Gasteiger charge is 2.12. The molecule has 0 unspecified atom stereocenters. The number of ether oxygens (including phenoxy) is 2. The Morgan fingerprint density at radius 3 is 2.39 bits per heavy atom. The fourth-order valence-corrected chi connectivity index (χ4v) is 1.26. The number of anilines is 1. The van der Waals surface area contributed by atoms with Crippen LogP contribution >= 0.6 is 12.2 Å². The van der Waals surface area contributed by atoms with Gasteiger partial charge in [0.25, 0.3) is 0 Å². The van der Waals surface area contributed by atoms with E-state index in [2.05, 4.69) is 15.3 Å². The molecular weight excluding hydrogens is 252 g/mol. The Balaban J connectivity index is 2.99. The third-order valence-electron chi connectivity index (χ3n) is 1.68.